The van der Waals surface area contributed by atoms with Crippen LogP contribution in [0.4, 0.5) is 0 Å². The second-order valence-electron chi connectivity index (χ2n) is 5.18. The van der Waals surface area contributed by atoms with Gasteiger partial charge in [-0.1, -0.05) is 30.3 Å². The van der Waals surface area contributed by atoms with E-state index >= 15 is 0 Å². The first-order valence-electron chi connectivity index (χ1n) is 7.58. The second kappa shape index (κ2) is 9.12. The van der Waals surface area contributed by atoms with Gasteiger partial charge in [0.1, 0.15) is 5.25 Å². The van der Waals surface area contributed by atoms with Crippen LogP contribution in [0.15, 0.2) is 36.4 Å². The van der Waals surface area contributed by atoms with Crippen molar-refractivity contribution in [2.75, 3.05) is 32.5 Å². The molecule has 0 radical (unpaired) electrons. The smallest absolute Gasteiger partial charge is 0.320 e. The Hall–Kier alpha value is -2.28. The summed E-state index contributed by atoms with van der Waals surface area (Å²) in [4.78, 5) is 37.1. The molecule has 0 aromatic heterocycles. The van der Waals surface area contributed by atoms with Gasteiger partial charge >= 0.3 is 5.97 Å². The van der Waals surface area contributed by atoms with Crippen LogP contribution in [-0.4, -0.2) is 60.4 Å². The maximum atomic E-state index is 12.2. The largest absolute Gasteiger partial charge is 0.468 e. The van der Waals surface area contributed by atoms with Gasteiger partial charge in [0, 0.05) is 24.9 Å². The second-order valence-corrected chi connectivity index (χ2v) is 6.49. The Kier molecular flexibility index (Phi) is 6.87. The van der Waals surface area contributed by atoms with Crippen LogP contribution in [0.25, 0.3) is 6.08 Å². The lowest BCUT2D eigenvalue weighted by Gasteiger charge is -2.31. The summed E-state index contributed by atoms with van der Waals surface area (Å²) in [7, 11) is 1.34. The van der Waals surface area contributed by atoms with E-state index in [9.17, 15) is 14.4 Å². The fraction of sp³-hybridized carbons (Fsp3) is 0.353. The van der Waals surface area contributed by atoms with Gasteiger partial charge in [-0.2, -0.15) is 0 Å². The Labute approximate surface area is 145 Å². The summed E-state index contributed by atoms with van der Waals surface area (Å²) in [5, 5.41) is 2.21. The molecule has 1 fully saturated rings. The van der Waals surface area contributed by atoms with Crippen LogP contribution >= 0.6 is 11.8 Å². The Morgan fingerprint density at radius 2 is 2.08 bits per heavy atom. The molecule has 2 rings (SSSR count). The number of nitrogens with one attached hydrogen (secondary N) is 1. The molecule has 7 heteroatoms. The molecule has 128 valence electrons. The molecule has 1 heterocycles. The lowest BCUT2D eigenvalue weighted by atomic mass is 10.2. The summed E-state index contributed by atoms with van der Waals surface area (Å²) in [5.41, 5.74) is 0.910. The number of benzene rings is 1. The molecule has 0 saturated carbocycles. The van der Waals surface area contributed by atoms with Gasteiger partial charge in [0.25, 0.3) is 0 Å². The average molecular weight is 348 g/mol. The topological polar surface area (TPSA) is 75.7 Å². The van der Waals surface area contributed by atoms with Gasteiger partial charge in [-0.15, -0.1) is 11.8 Å². The van der Waals surface area contributed by atoms with Crippen molar-refractivity contribution in [3.8, 4) is 0 Å². The van der Waals surface area contributed by atoms with E-state index in [2.05, 4.69) is 5.32 Å². The van der Waals surface area contributed by atoms with E-state index in [0.29, 0.717) is 18.8 Å². The maximum absolute atomic E-state index is 12.2. The minimum absolute atomic E-state index is 0.0868. The zero-order valence-corrected chi connectivity index (χ0v) is 14.3. The molecular formula is C17H20N2O4S. The fourth-order valence-electron chi connectivity index (χ4n) is 2.22. The third kappa shape index (κ3) is 5.42. The van der Waals surface area contributed by atoms with Gasteiger partial charge in [0.2, 0.25) is 11.8 Å². The maximum Gasteiger partial charge on any atom is 0.320 e. The van der Waals surface area contributed by atoms with Crippen molar-refractivity contribution in [2.45, 2.75) is 5.25 Å². The number of nitrogens with zero attached hydrogens (tertiary/aromatic N) is 1. The number of hydrogen-bond donors (Lipinski definition) is 1. The lowest BCUT2D eigenvalue weighted by molar-refractivity contribution is -0.141. The first-order valence-corrected chi connectivity index (χ1v) is 8.63. The average Bonchev–Trinajstić information content (AvgIpc) is 2.64. The minimum Gasteiger partial charge on any atom is -0.468 e. The third-order valence-corrected chi connectivity index (χ3v) is 4.69. The van der Waals surface area contributed by atoms with Crippen molar-refractivity contribution >= 4 is 35.6 Å². The number of carbonyl (C=O) groups is 3. The standard InChI is InChI=1S/C17H20N2O4S/c1-23-17(22)14-12-19(9-10-24-14)16(21)11-18-15(20)8-7-13-5-3-2-4-6-13/h2-8,14H,9-12H2,1H3,(H,18,20)/b8-7+/t14-/m1/s1. The van der Waals surface area contributed by atoms with Gasteiger partial charge in [-0.05, 0) is 11.6 Å². The number of ether oxygens (including phenoxy) is 1. The van der Waals surface area contributed by atoms with Gasteiger partial charge in [0.15, 0.2) is 0 Å². The number of thioether (sulfide) groups is 1. The van der Waals surface area contributed by atoms with Crippen molar-refractivity contribution in [3.05, 3.63) is 42.0 Å². The monoisotopic (exact) mass is 348 g/mol. The van der Waals surface area contributed by atoms with E-state index in [-0.39, 0.29) is 29.6 Å². The predicted molar refractivity (Wildman–Crippen MR) is 93.3 cm³/mol. The zero-order chi connectivity index (χ0) is 17.4. The molecular weight excluding hydrogens is 328 g/mol. The van der Waals surface area contributed by atoms with Gasteiger partial charge in [-0.25, -0.2) is 0 Å². The molecule has 1 atom stereocenters. The van der Waals surface area contributed by atoms with Crippen LogP contribution in [0.2, 0.25) is 0 Å². The van der Waals surface area contributed by atoms with Crippen molar-refractivity contribution in [3.63, 3.8) is 0 Å². The highest BCUT2D eigenvalue weighted by Crippen LogP contribution is 2.19. The zero-order valence-electron chi connectivity index (χ0n) is 13.4. The van der Waals surface area contributed by atoms with E-state index in [0.717, 1.165) is 5.56 Å². The quantitative estimate of drug-likeness (QED) is 0.633. The molecule has 0 bridgehead atoms. The molecule has 1 aromatic carbocycles. The normalized spacial score (nSPS) is 17.5. The number of methoxy groups -OCH3 is 1. The lowest BCUT2D eigenvalue weighted by Crippen LogP contribution is -2.48. The van der Waals surface area contributed by atoms with Crippen LogP contribution in [0.5, 0.6) is 0 Å². The molecule has 0 spiro atoms. The molecule has 1 N–H and O–H groups in total. The predicted octanol–water partition coefficient (Wildman–Crippen LogP) is 0.933. The molecule has 24 heavy (non-hydrogen) atoms. The Bertz CT molecular complexity index is 618. The SMILES string of the molecule is COC(=O)[C@H]1CN(C(=O)CNC(=O)/C=C/c2ccccc2)CCS1. The Morgan fingerprint density at radius 1 is 1.33 bits per heavy atom. The molecule has 0 unspecified atom stereocenters. The van der Waals surface area contributed by atoms with Crippen molar-refractivity contribution in [2.24, 2.45) is 0 Å². The Balaban J connectivity index is 1.79. The van der Waals surface area contributed by atoms with E-state index in [1.54, 1.807) is 11.0 Å². The van der Waals surface area contributed by atoms with E-state index in [1.807, 2.05) is 30.3 Å². The minimum atomic E-state index is -0.360. The summed E-state index contributed by atoms with van der Waals surface area (Å²) in [6, 6.07) is 9.43. The summed E-state index contributed by atoms with van der Waals surface area (Å²) < 4.78 is 4.71. The molecule has 1 aliphatic heterocycles. The summed E-state index contributed by atoms with van der Waals surface area (Å²) in [5.74, 6) is -0.186. The molecule has 1 aliphatic rings. The van der Waals surface area contributed by atoms with E-state index < -0.39 is 0 Å². The number of carbonyl (C=O) groups excluding carboxylic acids is 3. The van der Waals surface area contributed by atoms with Crippen LogP contribution in [0.3, 0.4) is 0 Å². The summed E-state index contributed by atoms with van der Waals surface area (Å²) >= 11 is 1.48. The highest BCUT2D eigenvalue weighted by atomic mass is 32.2. The van der Waals surface area contributed by atoms with Gasteiger partial charge < -0.3 is 15.0 Å². The highest BCUT2D eigenvalue weighted by Gasteiger charge is 2.29. The van der Waals surface area contributed by atoms with E-state index in [4.69, 9.17) is 4.74 Å². The third-order valence-electron chi connectivity index (χ3n) is 3.52. The molecule has 1 saturated heterocycles. The van der Waals surface area contributed by atoms with Crippen LogP contribution in [0.1, 0.15) is 5.56 Å². The number of rotatable bonds is 5. The highest BCUT2D eigenvalue weighted by molar-refractivity contribution is 8.00. The van der Waals surface area contributed by atoms with E-state index in [1.165, 1.54) is 24.9 Å². The van der Waals surface area contributed by atoms with Crippen LogP contribution in [-0.2, 0) is 19.1 Å². The number of hydrogen-bond acceptors (Lipinski definition) is 5. The van der Waals surface area contributed by atoms with Crippen LogP contribution < -0.4 is 5.32 Å². The Morgan fingerprint density at radius 3 is 2.79 bits per heavy atom. The van der Waals surface area contributed by atoms with Gasteiger partial charge in [0.05, 0.1) is 13.7 Å². The number of amides is 2. The molecule has 1 aromatic rings. The van der Waals surface area contributed by atoms with Crippen molar-refractivity contribution in [1.29, 1.82) is 0 Å². The van der Waals surface area contributed by atoms with Crippen molar-refractivity contribution < 1.29 is 19.1 Å². The first-order chi connectivity index (χ1) is 11.6. The summed E-state index contributed by atoms with van der Waals surface area (Å²) in [6.07, 6.45) is 3.08. The number of esters is 1. The van der Waals surface area contributed by atoms with Crippen molar-refractivity contribution in [1.82, 2.24) is 10.2 Å². The molecule has 0 aliphatic carbocycles. The van der Waals surface area contributed by atoms with Crippen LogP contribution in [0, 0.1) is 0 Å². The molecule has 2 amide bonds. The summed E-state index contributed by atoms with van der Waals surface area (Å²) in [6.45, 7) is 0.787. The first kappa shape index (κ1) is 18.1. The molecule has 6 nitrogen and oxygen atoms in total. The van der Waals surface area contributed by atoms with Gasteiger partial charge in [-0.3, -0.25) is 14.4 Å². The fourth-order valence-corrected chi connectivity index (χ4v) is 3.35.